The van der Waals surface area contributed by atoms with Crippen molar-refractivity contribution in [2.24, 2.45) is 5.16 Å². The van der Waals surface area contributed by atoms with Crippen molar-refractivity contribution >= 4 is 27.4 Å². The molecule has 126 valence electrons. The zero-order valence-corrected chi connectivity index (χ0v) is 15.3. The summed E-state index contributed by atoms with van der Waals surface area (Å²) < 4.78 is 12.1. The highest BCUT2D eigenvalue weighted by Gasteiger charge is 2.13. The second-order valence-corrected chi connectivity index (χ2v) is 6.38. The maximum absolute atomic E-state index is 5.68. The molecule has 0 radical (unpaired) electrons. The molecule has 1 fully saturated rings. The van der Waals surface area contributed by atoms with Gasteiger partial charge in [-0.15, -0.1) is 0 Å². The Labute approximate surface area is 145 Å². The molecule has 0 aromatic carbocycles. The first-order valence-electron chi connectivity index (χ1n) is 7.82. The van der Waals surface area contributed by atoms with E-state index in [1.54, 1.807) is 0 Å². The molecule has 1 aliphatic rings. The molecule has 5 nitrogen and oxygen atoms in total. The third-order valence-electron chi connectivity index (χ3n) is 3.52. The lowest BCUT2D eigenvalue weighted by atomic mass is 10.2. The van der Waals surface area contributed by atoms with E-state index >= 15 is 0 Å². The van der Waals surface area contributed by atoms with E-state index in [2.05, 4.69) is 32.6 Å². The predicted octanol–water partition coefficient (Wildman–Crippen LogP) is 4.45. The minimum absolute atomic E-state index is 0.0672. The van der Waals surface area contributed by atoms with Crippen LogP contribution in [-0.2, 0) is 14.3 Å². The summed E-state index contributed by atoms with van der Waals surface area (Å²) in [5.74, 6) is 0.427. The van der Waals surface area contributed by atoms with E-state index in [0.717, 1.165) is 35.3 Å². The van der Waals surface area contributed by atoms with Gasteiger partial charge in [0.05, 0.1) is 18.0 Å². The summed E-state index contributed by atoms with van der Waals surface area (Å²) in [6.45, 7) is 9.05. The molecule has 1 unspecified atom stereocenters. The largest absolute Gasteiger partial charge is 0.355 e. The van der Waals surface area contributed by atoms with Crippen LogP contribution in [0, 0.1) is 6.92 Å². The summed E-state index contributed by atoms with van der Waals surface area (Å²) in [7, 11) is 0. The molecular formula is C17H23BrN2O3. The number of oxime groups is 1. The SMILES string of the molecule is C=C(O/N=C(/C)CCOC1CCCCO1)c1ccc(Br)c(C)n1. The van der Waals surface area contributed by atoms with Crippen LogP contribution in [0.3, 0.4) is 0 Å². The predicted molar refractivity (Wildman–Crippen MR) is 94.1 cm³/mol. The molecule has 1 saturated heterocycles. The third-order valence-corrected chi connectivity index (χ3v) is 4.36. The van der Waals surface area contributed by atoms with Crippen LogP contribution in [0.5, 0.6) is 0 Å². The second kappa shape index (κ2) is 9.15. The molecule has 23 heavy (non-hydrogen) atoms. The summed E-state index contributed by atoms with van der Waals surface area (Å²) in [5, 5.41) is 4.08. The minimum atomic E-state index is -0.0672. The van der Waals surface area contributed by atoms with Crippen molar-refractivity contribution in [3.63, 3.8) is 0 Å². The van der Waals surface area contributed by atoms with Crippen LogP contribution in [0.4, 0.5) is 0 Å². The van der Waals surface area contributed by atoms with Crippen molar-refractivity contribution in [1.29, 1.82) is 0 Å². The second-order valence-electron chi connectivity index (χ2n) is 5.52. The molecule has 0 bridgehead atoms. The Morgan fingerprint density at radius 2 is 2.30 bits per heavy atom. The van der Waals surface area contributed by atoms with Crippen LogP contribution in [0.2, 0.25) is 0 Å². The lowest BCUT2D eigenvalue weighted by molar-refractivity contribution is -0.160. The highest BCUT2D eigenvalue weighted by molar-refractivity contribution is 9.10. The van der Waals surface area contributed by atoms with E-state index in [9.17, 15) is 0 Å². The topological polar surface area (TPSA) is 52.9 Å². The molecule has 2 rings (SSSR count). The Morgan fingerprint density at radius 1 is 1.48 bits per heavy atom. The minimum Gasteiger partial charge on any atom is -0.355 e. The number of pyridine rings is 1. The van der Waals surface area contributed by atoms with E-state index in [-0.39, 0.29) is 6.29 Å². The quantitative estimate of drug-likeness (QED) is 0.397. The normalized spacial score (nSPS) is 18.7. The maximum atomic E-state index is 5.68. The molecule has 1 aromatic heterocycles. The van der Waals surface area contributed by atoms with Crippen LogP contribution in [-0.4, -0.2) is 30.2 Å². The van der Waals surface area contributed by atoms with Gasteiger partial charge in [-0.3, -0.25) is 0 Å². The number of hydrogen-bond acceptors (Lipinski definition) is 5. The third kappa shape index (κ3) is 6.05. The fourth-order valence-electron chi connectivity index (χ4n) is 2.11. The average molecular weight is 383 g/mol. The zero-order chi connectivity index (χ0) is 16.7. The van der Waals surface area contributed by atoms with E-state index in [1.165, 1.54) is 6.42 Å². The van der Waals surface area contributed by atoms with Crippen molar-refractivity contribution in [2.75, 3.05) is 13.2 Å². The molecular weight excluding hydrogens is 360 g/mol. The Kier molecular flexibility index (Phi) is 7.20. The lowest BCUT2D eigenvalue weighted by Gasteiger charge is -2.22. The monoisotopic (exact) mass is 382 g/mol. The van der Waals surface area contributed by atoms with E-state index < -0.39 is 0 Å². The molecule has 1 aromatic rings. The smallest absolute Gasteiger partial charge is 0.176 e. The Balaban J connectivity index is 1.74. The first kappa shape index (κ1) is 18.1. The van der Waals surface area contributed by atoms with Gasteiger partial charge in [0.1, 0.15) is 5.69 Å². The van der Waals surface area contributed by atoms with Crippen molar-refractivity contribution in [2.45, 2.75) is 45.8 Å². The van der Waals surface area contributed by atoms with Crippen molar-refractivity contribution < 1.29 is 14.3 Å². The van der Waals surface area contributed by atoms with Crippen LogP contribution in [0.15, 0.2) is 28.3 Å². The van der Waals surface area contributed by atoms with Gasteiger partial charge in [-0.1, -0.05) is 11.7 Å². The van der Waals surface area contributed by atoms with Gasteiger partial charge in [-0.2, -0.15) is 0 Å². The molecule has 1 atom stereocenters. The number of ether oxygens (including phenoxy) is 2. The Hall–Kier alpha value is -1.24. The summed E-state index contributed by atoms with van der Waals surface area (Å²) in [5.41, 5.74) is 2.40. The standard InChI is InChI=1S/C17H23BrN2O3/c1-12(9-11-22-17-6-4-5-10-21-17)20-23-14(3)16-8-7-15(18)13(2)19-16/h7-8,17H,3-6,9-11H2,1-2H3/b20-12-. The first-order valence-corrected chi connectivity index (χ1v) is 8.61. The van der Waals surface area contributed by atoms with Gasteiger partial charge in [0, 0.05) is 17.5 Å². The molecule has 6 heteroatoms. The average Bonchev–Trinajstić information content (AvgIpc) is 2.56. The number of aryl methyl sites for hydroxylation is 1. The van der Waals surface area contributed by atoms with Crippen LogP contribution < -0.4 is 0 Å². The number of aromatic nitrogens is 1. The molecule has 0 saturated carbocycles. The van der Waals surface area contributed by atoms with E-state index in [1.807, 2.05) is 26.0 Å². The van der Waals surface area contributed by atoms with Crippen molar-refractivity contribution in [3.8, 4) is 0 Å². The Bertz CT molecular complexity index is 569. The molecule has 2 heterocycles. The van der Waals surface area contributed by atoms with Gasteiger partial charge < -0.3 is 14.3 Å². The summed E-state index contributed by atoms with van der Waals surface area (Å²) >= 11 is 3.42. The lowest BCUT2D eigenvalue weighted by Crippen LogP contribution is -2.23. The van der Waals surface area contributed by atoms with Gasteiger partial charge in [-0.25, -0.2) is 4.98 Å². The van der Waals surface area contributed by atoms with Gasteiger partial charge in [0.2, 0.25) is 0 Å². The number of halogens is 1. The summed E-state index contributed by atoms with van der Waals surface area (Å²) in [6, 6.07) is 3.76. The van der Waals surface area contributed by atoms with Gasteiger partial charge in [-0.05, 0) is 61.2 Å². The molecule has 0 spiro atoms. The number of rotatable bonds is 7. The van der Waals surface area contributed by atoms with Crippen LogP contribution in [0.1, 0.15) is 44.0 Å². The van der Waals surface area contributed by atoms with Crippen LogP contribution in [0.25, 0.3) is 5.76 Å². The molecule has 0 N–H and O–H groups in total. The number of nitrogens with zero attached hydrogens (tertiary/aromatic N) is 2. The first-order chi connectivity index (χ1) is 11.1. The fraction of sp³-hybridized carbons (Fsp3) is 0.529. The van der Waals surface area contributed by atoms with Crippen LogP contribution >= 0.6 is 15.9 Å². The number of hydrogen-bond donors (Lipinski definition) is 0. The van der Waals surface area contributed by atoms with Crippen molar-refractivity contribution in [1.82, 2.24) is 4.98 Å². The van der Waals surface area contributed by atoms with Crippen molar-refractivity contribution in [3.05, 3.63) is 34.6 Å². The van der Waals surface area contributed by atoms with E-state index in [0.29, 0.717) is 24.5 Å². The summed E-state index contributed by atoms with van der Waals surface area (Å²) in [4.78, 5) is 9.75. The highest BCUT2D eigenvalue weighted by atomic mass is 79.9. The molecule has 1 aliphatic heterocycles. The zero-order valence-electron chi connectivity index (χ0n) is 13.7. The van der Waals surface area contributed by atoms with Gasteiger partial charge >= 0.3 is 0 Å². The van der Waals surface area contributed by atoms with Gasteiger partial charge in [0.25, 0.3) is 0 Å². The van der Waals surface area contributed by atoms with Gasteiger partial charge in [0.15, 0.2) is 12.0 Å². The molecule has 0 amide bonds. The summed E-state index contributed by atoms with van der Waals surface area (Å²) in [6.07, 6.45) is 3.89. The van der Waals surface area contributed by atoms with E-state index in [4.69, 9.17) is 14.3 Å². The fourth-order valence-corrected chi connectivity index (χ4v) is 2.33. The highest BCUT2D eigenvalue weighted by Crippen LogP contribution is 2.18. The Morgan fingerprint density at radius 3 is 3.00 bits per heavy atom. The molecule has 0 aliphatic carbocycles. The maximum Gasteiger partial charge on any atom is 0.176 e.